The molecule has 0 radical (unpaired) electrons. The van der Waals surface area contributed by atoms with E-state index in [1.807, 2.05) is 6.92 Å². The van der Waals surface area contributed by atoms with Gasteiger partial charge in [0, 0.05) is 31.0 Å². The van der Waals surface area contributed by atoms with E-state index in [4.69, 9.17) is 0 Å². The summed E-state index contributed by atoms with van der Waals surface area (Å²) in [6.07, 6.45) is 1.87. The Kier molecular flexibility index (Phi) is 4.28. The Morgan fingerprint density at radius 1 is 1.40 bits per heavy atom. The van der Waals surface area contributed by atoms with Crippen LogP contribution in [0.5, 0.6) is 0 Å². The quantitative estimate of drug-likeness (QED) is 0.826. The number of nitrogens with one attached hydrogen (secondary N) is 1. The molecule has 1 saturated heterocycles. The number of aromatic nitrogens is 1. The molecule has 5 nitrogen and oxygen atoms in total. The first-order valence-corrected chi connectivity index (χ1v) is 7.06. The zero-order chi connectivity index (χ0) is 14.9. The second-order valence-corrected chi connectivity index (χ2v) is 5.62. The topological polar surface area (TPSA) is 73.4 Å². The van der Waals surface area contributed by atoms with E-state index in [0.717, 1.165) is 24.1 Å². The van der Waals surface area contributed by atoms with Crippen molar-refractivity contribution in [1.82, 2.24) is 9.88 Å². The van der Waals surface area contributed by atoms with Crippen LogP contribution in [0, 0.1) is 19.8 Å². The number of ketones is 1. The van der Waals surface area contributed by atoms with Crippen LogP contribution in [0.25, 0.3) is 0 Å². The first-order chi connectivity index (χ1) is 9.45. The van der Waals surface area contributed by atoms with E-state index in [2.05, 4.69) is 4.98 Å². The number of aliphatic hydroxyl groups is 1. The van der Waals surface area contributed by atoms with Gasteiger partial charge in [-0.25, -0.2) is 0 Å². The van der Waals surface area contributed by atoms with Gasteiger partial charge in [-0.05, 0) is 45.1 Å². The Labute approximate surface area is 119 Å². The number of nitrogens with zero attached hydrogens (tertiary/aromatic N) is 1. The Bertz CT molecular complexity index is 533. The van der Waals surface area contributed by atoms with Crippen LogP contribution in [-0.2, 0) is 0 Å². The molecule has 0 spiro atoms. The Morgan fingerprint density at radius 2 is 2.10 bits per heavy atom. The Balaban J connectivity index is 2.25. The molecular formula is C15H22N2O3. The van der Waals surface area contributed by atoms with E-state index in [-0.39, 0.29) is 24.2 Å². The van der Waals surface area contributed by atoms with Crippen molar-refractivity contribution in [1.29, 1.82) is 0 Å². The van der Waals surface area contributed by atoms with Crippen molar-refractivity contribution >= 4 is 11.7 Å². The van der Waals surface area contributed by atoms with Gasteiger partial charge in [0.1, 0.15) is 5.69 Å². The normalized spacial score (nSPS) is 19.2. The number of rotatable bonds is 3. The average molecular weight is 278 g/mol. The standard InChI is InChI=1S/C15H22N2O3/c1-9-13(11(3)19)10(2)16-14(9)15(20)17-6-4-5-12(7-17)8-18/h12,16,18H,4-8H2,1-3H3. The van der Waals surface area contributed by atoms with Gasteiger partial charge >= 0.3 is 0 Å². The predicted octanol–water partition coefficient (Wildman–Crippen LogP) is 1.68. The number of hydrogen-bond donors (Lipinski definition) is 2. The van der Waals surface area contributed by atoms with E-state index in [1.165, 1.54) is 6.92 Å². The molecule has 2 N–H and O–H groups in total. The zero-order valence-electron chi connectivity index (χ0n) is 12.3. The highest BCUT2D eigenvalue weighted by Gasteiger charge is 2.27. The molecule has 5 heteroatoms. The van der Waals surface area contributed by atoms with Crippen molar-refractivity contribution in [2.75, 3.05) is 19.7 Å². The second-order valence-electron chi connectivity index (χ2n) is 5.62. The fraction of sp³-hybridized carbons (Fsp3) is 0.600. The van der Waals surface area contributed by atoms with Crippen molar-refractivity contribution in [3.8, 4) is 0 Å². The zero-order valence-corrected chi connectivity index (χ0v) is 12.3. The van der Waals surface area contributed by atoms with Gasteiger partial charge in [-0.3, -0.25) is 9.59 Å². The van der Waals surface area contributed by atoms with Crippen molar-refractivity contribution in [2.45, 2.75) is 33.6 Å². The molecule has 1 aliphatic heterocycles. The minimum atomic E-state index is -0.0729. The van der Waals surface area contributed by atoms with Crippen LogP contribution < -0.4 is 0 Å². The first-order valence-electron chi connectivity index (χ1n) is 7.06. The maximum atomic E-state index is 12.6. The number of hydrogen-bond acceptors (Lipinski definition) is 3. The second kappa shape index (κ2) is 5.79. The molecule has 0 aromatic carbocycles. The van der Waals surface area contributed by atoms with E-state index in [0.29, 0.717) is 24.3 Å². The fourth-order valence-electron chi connectivity index (χ4n) is 3.05. The molecule has 1 unspecified atom stereocenters. The number of carbonyl (C=O) groups excluding carboxylic acids is 2. The fourth-order valence-corrected chi connectivity index (χ4v) is 3.05. The molecule has 20 heavy (non-hydrogen) atoms. The number of H-pyrrole nitrogens is 1. The Hall–Kier alpha value is -1.62. The number of aliphatic hydroxyl groups excluding tert-OH is 1. The highest BCUT2D eigenvalue weighted by atomic mass is 16.3. The van der Waals surface area contributed by atoms with Gasteiger partial charge < -0.3 is 15.0 Å². The van der Waals surface area contributed by atoms with Crippen LogP contribution in [-0.4, -0.2) is 46.4 Å². The van der Waals surface area contributed by atoms with Crippen LogP contribution in [0.3, 0.4) is 0 Å². The molecule has 0 saturated carbocycles. The third-order valence-corrected chi connectivity index (χ3v) is 4.07. The summed E-state index contributed by atoms with van der Waals surface area (Å²) in [5.74, 6) is 0.0646. The lowest BCUT2D eigenvalue weighted by Crippen LogP contribution is -2.41. The lowest BCUT2D eigenvalue weighted by Gasteiger charge is -2.31. The van der Waals surface area contributed by atoms with Gasteiger partial charge in [0.05, 0.1) is 0 Å². The molecule has 2 rings (SSSR count). The molecule has 2 heterocycles. The number of amides is 1. The summed E-state index contributed by atoms with van der Waals surface area (Å²) in [4.78, 5) is 29.0. The molecule has 1 aromatic rings. The molecule has 1 aromatic heterocycles. The number of aromatic amines is 1. The van der Waals surface area contributed by atoms with Gasteiger partial charge in [-0.2, -0.15) is 0 Å². The van der Waals surface area contributed by atoms with Crippen LogP contribution in [0.2, 0.25) is 0 Å². The highest BCUT2D eigenvalue weighted by Crippen LogP contribution is 2.23. The van der Waals surface area contributed by atoms with Crippen LogP contribution in [0.4, 0.5) is 0 Å². The average Bonchev–Trinajstić information content (AvgIpc) is 2.73. The first kappa shape index (κ1) is 14.8. The molecule has 1 atom stereocenters. The maximum Gasteiger partial charge on any atom is 0.270 e. The third kappa shape index (κ3) is 2.63. The summed E-state index contributed by atoms with van der Waals surface area (Å²) < 4.78 is 0. The maximum absolute atomic E-state index is 12.6. The number of piperidine rings is 1. The molecule has 110 valence electrons. The highest BCUT2D eigenvalue weighted by molar-refractivity contribution is 6.02. The van der Waals surface area contributed by atoms with Crippen LogP contribution >= 0.6 is 0 Å². The molecular weight excluding hydrogens is 256 g/mol. The number of carbonyl (C=O) groups is 2. The van der Waals surface area contributed by atoms with Crippen molar-refractivity contribution in [3.05, 3.63) is 22.5 Å². The van der Waals surface area contributed by atoms with Crippen molar-refractivity contribution in [3.63, 3.8) is 0 Å². The number of Topliss-reactive ketones (excluding diaryl/α,β-unsaturated/α-hetero) is 1. The van der Waals surface area contributed by atoms with E-state index >= 15 is 0 Å². The smallest absolute Gasteiger partial charge is 0.270 e. The molecule has 1 amide bonds. The van der Waals surface area contributed by atoms with Gasteiger partial charge in [-0.1, -0.05) is 0 Å². The Morgan fingerprint density at radius 3 is 2.65 bits per heavy atom. The molecule has 0 aliphatic carbocycles. The lowest BCUT2D eigenvalue weighted by molar-refractivity contribution is 0.0615. The van der Waals surface area contributed by atoms with Crippen molar-refractivity contribution < 1.29 is 14.7 Å². The molecule has 0 bridgehead atoms. The number of likely N-dealkylation sites (tertiary alicyclic amines) is 1. The summed E-state index contributed by atoms with van der Waals surface area (Å²) in [7, 11) is 0. The predicted molar refractivity (Wildman–Crippen MR) is 76.0 cm³/mol. The van der Waals surface area contributed by atoms with Crippen LogP contribution in [0.1, 0.15) is 51.9 Å². The van der Waals surface area contributed by atoms with Crippen LogP contribution in [0.15, 0.2) is 0 Å². The third-order valence-electron chi connectivity index (χ3n) is 4.07. The summed E-state index contributed by atoms with van der Waals surface area (Å²) in [5.41, 5.74) is 2.59. The SMILES string of the molecule is CC(=O)c1c(C)[nH]c(C(=O)N2CCCC(CO)C2)c1C. The van der Waals surface area contributed by atoms with E-state index in [1.54, 1.807) is 11.8 Å². The van der Waals surface area contributed by atoms with E-state index < -0.39 is 0 Å². The summed E-state index contributed by atoms with van der Waals surface area (Å²) in [6, 6.07) is 0. The number of aryl methyl sites for hydroxylation is 1. The summed E-state index contributed by atoms with van der Waals surface area (Å²) >= 11 is 0. The molecule has 1 aliphatic rings. The minimum absolute atomic E-state index is 0.0258. The molecule has 1 fully saturated rings. The summed E-state index contributed by atoms with van der Waals surface area (Å²) in [5, 5.41) is 9.25. The van der Waals surface area contributed by atoms with Gasteiger partial charge in [0.2, 0.25) is 0 Å². The van der Waals surface area contributed by atoms with Crippen molar-refractivity contribution in [2.24, 2.45) is 5.92 Å². The lowest BCUT2D eigenvalue weighted by atomic mass is 9.98. The van der Waals surface area contributed by atoms with E-state index in [9.17, 15) is 14.7 Å². The largest absolute Gasteiger partial charge is 0.396 e. The van der Waals surface area contributed by atoms with Gasteiger partial charge in [0.25, 0.3) is 5.91 Å². The summed E-state index contributed by atoms with van der Waals surface area (Å²) in [6.45, 7) is 6.55. The van der Waals surface area contributed by atoms with Gasteiger partial charge in [0.15, 0.2) is 5.78 Å². The van der Waals surface area contributed by atoms with Gasteiger partial charge in [-0.15, -0.1) is 0 Å². The monoisotopic (exact) mass is 278 g/mol. The minimum Gasteiger partial charge on any atom is -0.396 e.